The average molecular weight is 176 g/mol. The standard InChI is InChI=1S/C8H10F2O2/c9-8(10)5-2-3-1-4(5)7(12-8)6(3)11/h3-7,11H,1-2H2. The normalized spacial score (nSPS) is 59.8. The zero-order chi connectivity index (χ0) is 8.51. The summed E-state index contributed by atoms with van der Waals surface area (Å²) in [6, 6.07) is 0. The molecule has 3 aliphatic rings. The Morgan fingerprint density at radius 3 is 2.67 bits per heavy atom. The molecule has 0 spiro atoms. The van der Waals surface area contributed by atoms with Crippen LogP contribution >= 0.6 is 0 Å². The molecule has 4 heteroatoms. The van der Waals surface area contributed by atoms with E-state index in [4.69, 9.17) is 0 Å². The summed E-state index contributed by atoms with van der Waals surface area (Å²) in [5, 5.41) is 9.48. The van der Waals surface area contributed by atoms with Gasteiger partial charge in [-0.1, -0.05) is 0 Å². The van der Waals surface area contributed by atoms with Gasteiger partial charge in [0.05, 0.1) is 18.1 Å². The van der Waals surface area contributed by atoms with Gasteiger partial charge in [0.15, 0.2) is 0 Å². The maximum atomic E-state index is 13.0. The molecular weight excluding hydrogens is 166 g/mol. The Balaban J connectivity index is 2.00. The van der Waals surface area contributed by atoms with Gasteiger partial charge in [-0.2, -0.15) is 8.78 Å². The number of aliphatic hydroxyl groups excluding tert-OH is 1. The van der Waals surface area contributed by atoms with Gasteiger partial charge in [-0.15, -0.1) is 0 Å². The first kappa shape index (κ1) is 7.21. The fraction of sp³-hybridized carbons (Fsp3) is 1.00. The molecule has 0 aromatic heterocycles. The van der Waals surface area contributed by atoms with Gasteiger partial charge in [0.2, 0.25) is 0 Å². The molecule has 3 rings (SSSR count). The van der Waals surface area contributed by atoms with Crippen molar-refractivity contribution in [1.82, 2.24) is 0 Å². The molecule has 12 heavy (non-hydrogen) atoms. The van der Waals surface area contributed by atoms with E-state index in [0.29, 0.717) is 6.42 Å². The average Bonchev–Trinajstić information content (AvgIpc) is 2.54. The van der Waals surface area contributed by atoms with E-state index >= 15 is 0 Å². The van der Waals surface area contributed by atoms with Crippen molar-refractivity contribution in [2.45, 2.75) is 31.2 Å². The van der Waals surface area contributed by atoms with Gasteiger partial charge in [-0.3, -0.25) is 0 Å². The lowest BCUT2D eigenvalue weighted by Crippen LogP contribution is -2.31. The van der Waals surface area contributed by atoms with E-state index in [1.165, 1.54) is 0 Å². The number of alkyl halides is 2. The number of aliphatic hydroxyl groups is 1. The second-order valence-electron chi connectivity index (χ2n) is 4.14. The summed E-state index contributed by atoms with van der Waals surface area (Å²) in [6.45, 7) is 0. The molecule has 1 aliphatic heterocycles. The van der Waals surface area contributed by atoms with Gasteiger partial charge < -0.3 is 9.84 Å². The molecule has 2 saturated carbocycles. The lowest BCUT2D eigenvalue weighted by Gasteiger charge is -2.20. The van der Waals surface area contributed by atoms with Crippen LogP contribution in [0.5, 0.6) is 0 Å². The monoisotopic (exact) mass is 176 g/mol. The first-order valence-corrected chi connectivity index (χ1v) is 4.33. The second-order valence-corrected chi connectivity index (χ2v) is 4.14. The number of rotatable bonds is 0. The molecule has 5 unspecified atom stereocenters. The summed E-state index contributed by atoms with van der Waals surface area (Å²) in [5.74, 6) is -0.630. The molecule has 3 fully saturated rings. The molecule has 0 radical (unpaired) electrons. The molecule has 0 amide bonds. The molecule has 1 saturated heterocycles. The molecule has 1 heterocycles. The number of fused-ring (bicyclic) bond motifs is 1. The van der Waals surface area contributed by atoms with E-state index in [9.17, 15) is 13.9 Å². The molecule has 5 atom stereocenters. The fourth-order valence-corrected chi connectivity index (χ4v) is 3.09. The zero-order valence-electron chi connectivity index (χ0n) is 6.41. The van der Waals surface area contributed by atoms with Crippen LogP contribution in [0.25, 0.3) is 0 Å². The van der Waals surface area contributed by atoms with E-state index in [1.807, 2.05) is 0 Å². The van der Waals surface area contributed by atoms with Gasteiger partial charge in [-0.25, -0.2) is 0 Å². The number of halogens is 2. The summed E-state index contributed by atoms with van der Waals surface area (Å²) in [5.41, 5.74) is 0. The molecule has 2 aliphatic carbocycles. The second kappa shape index (κ2) is 1.82. The maximum absolute atomic E-state index is 13.0. The van der Waals surface area contributed by atoms with Crippen molar-refractivity contribution in [3.8, 4) is 0 Å². The quantitative estimate of drug-likeness (QED) is 0.596. The molecule has 0 aromatic carbocycles. The van der Waals surface area contributed by atoms with Crippen LogP contribution in [0, 0.1) is 17.8 Å². The first-order chi connectivity index (χ1) is 5.59. The predicted molar refractivity (Wildman–Crippen MR) is 35.5 cm³/mol. The number of ether oxygens (including phenoxy) is 1. The molecule has 2 nitrogen and oxygen atoms in total. The van der Waals surface area contributed by atoms with Gasteiger partial charge in [0.1, 0.15) is 0 Å². The molecule has 2 bridgehead atoms. The van der Waals surface area contributed by atoms with E-state index in [1.54, 1.807) is 0 Å². The van der Waals surface area contributed by atoms with Crippen LogP contribution in [-0.4, -0.2) is 23.4 Å². The number of hydrogen-bond donors (Lipinski definition) is 1. The topological polar surface area (TPSA) is 29.5 Å². The van der Waals surface area contributed by atoms with Crippen molar-refractivity contribution in [3.63, 3.8) is 0 Å². The van der Waals surface area contributed by atoms with Crippen LogP contribution in [0.15, 0.2) is 0 Å². The highest BCUT2D eigenvalue weighted by molar-refractivity contribution is 5.08. The molecule has 68 valence electrons. The third-order valence-corrected chi connectivity index (χ3v) is 3.61. The third-order valence-electron chi connectivity index (χ3n) is 3.61. The smallest absolute Gasteiger partial charge is 0.359 e. The van der Waals surface area contributed by atoms with E-state index < -0.39 is 24.2 Å². The van der Waals surface area contributed by atoms with E-state index in [-0.39, 0.29) is 11.8 Å². The van der Waals surface area contributed by atoms with Crippen molar-refractivity contribution < 1.29 is 18.6 Å². The van der Waals surface area contributed by atoms with Crippen molar-refractivity contribution in [2.75, 3.05) is 0 Å². The van der Waals surface area contributed by atoms with E-state index in [0.717, 1.165) is 6.42 Å². The fourth-order valence-electron chi connectivity index (χ4n) is 3.09. The van der Waals surface area contributed by atoms with Crippen molar-refractivity contribution in [1.29, 1.82) is 0 Å². The third kappa shape index (κ3) is 0.623. The van der Waals surface area contributed by atoms with Crippen LogP contribution in [0.3, 0.4) is 0 Å². The Bertz CT molecular complexity index is 231. The Morgan fingerprint density at radius 1 is 1.33 bits per heavy atom. The first-order valence-electron chi connectivity index (χ1n) is 4.33. The lowest BCUT2D eigenvalue weighted by atomic mass is 9.87. The highest BCUT2D eigenvalue weighted by atomic mass is 19.3. The van der Waals surface area contributed by atoms with Crippen LogP contribution in [0.4, 0.5) is 8.78 Å². The van der Waals surface area contributed by atoms with Gasteiger partial charge >= 0.3 is 6.11 Å². The minimum Gasteiger partial charge on any atom is -0.390 e. The SMILES string of the molecule is OC1C2CC3C1OC(F)(F)C3C2. The van der Waals surface area contributed by atoms with Crippen molar-refractivity contribution in [3.05, 3.63) is 0 Å². The van der Waals surface area contributed by atoms with Crippen LogP contribution in [0.2, 0.25) is 0 Å². The summed E-state index contributed by atoms with van der Waals surface area (Å²) in [6.07, 6.45) is -3.02. The van der Waals surface area contributed by atoms with Gasteiger partial charge in [0, 0.05) is 0 Å². The molecular formula is C8H10F2O2. The predicted octanol–water partition coefficient (Wildman–Crippen LogP) is 0.995. The summed E-state index contributed by atoms with van der Waals surface area (Å²) in [4.78, 5) is 0. The summed E-state index contributed by atoms with van der Waals surface area (Å²) < 4.78 is 30.6. The maximum Gasteiger partial charge on any atom is 0.359 e. The van der Waals surface area contributed by atoms with Crippen molar-refractivity contribution >= 4 is 0 Å². The Labute approximate surface area is 68.5 Å². The Morgan fingerprint density at radius 2 is 2.08 bits per heavy atom. The Hall–Kier alpha value is -0.220. The summed E-state index contributed by atoms with van der Waals surface area (Å²) in [7, 11) is 0. The number of hydrogen-bond acceptors (Lipinski definition) is 2. The highest BCUT2D eigenvalue weighted by Crippen LogP contribution is 2.60. The van der Waals surface area contributed by atoms with Crippen LogP contribution < -0.4 is 0 Å². The largest absolute Gasteiger partial charge is 0.390 e. The van der Waals surface area contributed by atoms with Crippen LogP contribution in [0.1, 0.15) is 12.8 Å². The molecule has 1 N–H and O–H groups in total. The van der Waals surface area contributed by atoms with Gasteiger partial charge in [-0.05, 0) is 24.7 Å². The van der Waals surface area contributed by atoms with Crippen LogP contribution in [-0.2, 0) is 4.74 Å². The van der Waals surface area contributed by atoms with Crippen molar-refractivity contribution in [2.24, 2.45) is 17.8 Å². The highest BCUT2D eigenvalue weighted by Gasteiger charge is 2.68. The Kier molecular flexibility index (Phi) is 1.10. The zero-order valence-corrected chi connectivity index (χ0v) is 6.41. The minimum absolute atomic E-state index is 0.0679. The van der Waals surface area contributed by atoms with Gasteiger partial charge in [0.25, 0.3) is 0 Å². The molecule has 0 aromatic rings. The lowest BCUT2D eigenvalue weighted by molar-refractivity contribution is -0.247. The van der Waals surface area contributed by atoms with E-state index in [2.05, 4.69) is 4.74 Å². The summed E-state index contributed by atoms with van der Waals surface area (Å²) >= 11 is 0. The minimum atomic E-state index is -2.97.